The number of hydrogen-bond donors (Lipinski definition) is 1. The number of anilines is 1. The molecule has 1 N–H and O–H groups in total. The van der Waals surface area contributed by atoms with Crippen LogP contribution in [0.3, 0.4) is 0 Å². The first-order chi connectivity index (χ1) is 11.1. The molecule has 0 aliphatic heterocycles. The molecular formula is C18H18INO3. The van der Waals surface area contributed by atoms with Crippen molar-refractivity contribution in [3.63, 3.8) is 0 Å². The minimum absolute atomic E-state index is 0.181. The zero-order valence-electron chi connectivity index (χ0n) is 13.0. The number of amides is 1. The van der Waals surface area contributed by atoms with Gasteiger partial charge in [0.25, 0.3) is 0 Å². The van der Waals surface area contributed by atoms with Gasteiger partial charge in [-0.05, 0) is 77.6 Å². The number of carbonyl (C=O) groups excluding carboxylic acids is 1. The molecule has 2 aromatic carbocycles. The Bertz CT molecular complexity index is 696. The lowest BCUT2D eigenvalue weighted by atomic mass is 10.2. The Kier molecular flexibility index (Phi) is 6.46. The highest BCUT2D eigenvalue weighted by atomic mass is 127. The van der Waals surface area contributed by atoms with Gasteiger partial charge in [0.1, 0.15) is 0 Å². The van der Waals surface area contributed by atoms with Crippen LogP contribution in [-0.4, -0.2) is 19.6 Å². The summed E-state index contributed by atoms with van der Waals surface area (Å²) in [5, 5.41) is 2.82. The summed E-state index contributed by atoms with van der Waals surface area (Å²) in [4.78, 5) is 11.9. The van der Waals surface area contributed by atoms with E-state index in [1.165, 1.54) is 6.08 Å². The summed E-state index contributed by atoms with van der Waals surface area (Å²) in [6, 6.07) is 13.2. The molecule has 2 rings (SSSR count). The summed E-state index contributed by atoms with van der Waals surface area (Å²) in [6.45, 7) is 2.47. The van der Waals surface area contributed by atoms with E-state index in [4.69, 9.17) is 9.47 Å². The maximum absolute atomic E-state index is 11.9. The van der Waals surface area contributed by atoms with E-state index in [0.29, 0.717) is 18.1 Å². The van der Waals surface area contributed by atoms with Crippen molar-refractivity contribution in [3.05, 3.63) is 57.7 Å². The third-order valence-corrected chi connectivity index (χ3v) is 3.75. The minimum Gasteiger partial charge on any atom is -0.493 e. The molecular weight excluding hydrogens is 405 g/mol. The molecule has 0 spiro atoms. The van der Waals surface area contributed by atoms with Gasteiger partial charge < -0.3 is 14.8 Å². The Balaban J connectivity index is 2.05. The fourth-order valence-corrected chi connectivity index (χ4v) is 2.31. The maximum Gasteiger partial charge on any atom is 0.248 e. The van der Waals surface area contributed by atoms with Crippen molar-refractivity contribution in [2.75, 3.05) is 19.0 Å². The molecule has 0 radical (unpaired) electrons. The first kappa shape index (κ1) is 17.3. The van der Waals surface area contributed by atoms with Crippen molar-refractivity contribution in [1.82, 2.24) is 0 Å². The lowest BCUT2D eigenvalue weighted by molar-refractivity contribution is -0.111. The van der Waals surface area contributed by atoms with Crippen LogP contribution >= 0.6 is 22.6 Å². The van der Waals surface area contributed by atoms with Crippen molar-refractivity contribution in [2.45, 2.75) is 6.92 Å². The van der Waals surface area contributed by atoms with Gasteiger partial charge in [-0.3, -0.25) is 4.79 Å². The Morgan fingerprint density at radius 1 is 1.17 bits per heavy atom. The van der Waals surface area contributed by atoms with Crippen molar-refractivity contribution in [1.29, 1.82) is 0 Å². The van der Waals surface area contributed by atoms with Crippen LogP contribution in [0.25, 0.3) is 6.08 Å². The van der Waals surface area contributed by atoms with E-state index in [9.17, 15) is 4.79 Å². The molecule has 0 unspecified atom stereocenters. The normalized spacial score (nSPS) is 10.6. The fourth-order valence-electron chi connectivity index (χ4n) is 1.95. The number of benzene rings is 2. The molecule has 0 saturated carbocycles. The van der Waals surface area contributed by atoms with Crippen LogP contribution < -0.4 is 14.8 Å². The summed E-state index contributed by atoms with van der Waals surface area (Å²) in [5.74, 6) is 1.16. The van der Waals surface area contributed by atoms with Crippen LogP contribution in [0, 0.1) is 3.57 Å². The summed E-state index contributed by atoms with van der Waals surface area (Å²) < 4.78 is 11.9. The first-order valence-corrected chi connectivity index (χ1v) is 8.25. The number of halogens is 1. The molecule has 4 nitrogen and oxygen atoms in total. The SMILES string of the molecule is CCOc1cc(/C=C/C(=O)Nc2ccc(I)cc2)ccc1OC. The van der Waals surface area contributed by atoms with E-state index in [0.717, 1.165) is 14.8 Å². The van der Waals surface area contributed by atoms with E-state index in [1.807, 2.05) is 49.4 Å². The highest BCUT2D eigenvalue weighted by molar-refractivity contribution is 14.1. The fraction of sp³-hybridized carbons (Fsp3) is 0.167. The summed E-state index contributed by atoms with van der Waals surface area (Å²) in [6.07, 6.45) is 3.24. The van der Waals surface area contributed by atoms with Gasteiger partial charge >= 0.3 is 0 Å². The molecule has 0 aliphatic carbocycles. The molecule has 0 saturated heterocycles. The predicted molar refractivity (Wildman–Crippen MR) is 101 cm³/mol. The molecule has 0 atom stereocenters. The number of methoxy groups -OCH3 is 1. The molecule has 2 aromatic rings. The second kappa shape index (κ2) is 8.57. The lowest BCUT2D eigenvalue weighted by Crippen LogP contribution is -2.07. The molecule has 0 fully saturated rings. The average molecular weight is 423 g/mol. The van der Waals surface area contributed by atoms with Crippen molar-refractivity contribution < 1.29 is 14.3 Å². The zero-order chi connectivity index (χ0) is 16.7. The number of carbonyl (C=O) groups is 1. The molecule has 0 aromatic heterocycles. The van der Waals surface area contributed by atoms with Crippen LogP contribution in [0.4, 0.5) is 5.69 Å². The van der Waals surface area contributed by atoms with E-state index >= 15 is 0 Å². The molecule has 5 heteroatoms. The van der Waals surface area contributed by atoms with Crippen LogP contribution in [0.5, 0.6) is 11.5 Å². The van der Waals surface area contributed by atoms with E-state index in [2.05, 4.69) is 27.9 Å². The van der Waals surface area contributed by atoms with Gasteiger partial charge in [-0.15, -0.1) is 0 Å². The Hall–Kier alpha value is -2.02. The van der Waals surface area contributed by atoms with E-state index in [-0.39, 0.29) is 5.91 Å². The number of rotatable bonds is 6. The summed E-state index contributed by atoms with van der Waals surface area (Å²) in [5.41, 5.74) is 1.64. The Morgan fingerprint density at radius 2 is 1.91 bits per heavy atom. The highest BCUT2D eigenvalue weighted by Crippen LogP contribution is 2.28. The first-order valence-electron chi connectivity index (χ1n) is 7.18. The van der Waals surface area contributed by atoms with Crippen molar-refractivity contribution in [2.24, 2.45) is 0 Å². The zero-order valence-corrected chi connectivity index (χ0v) is 15.2. The van der Waals surface area contributed by atoms with Gasteiger partial charge in [0, 0.05) is 15.3 Å². The van der Waals surface area contributed by atoms with Crippen LogP contribution in [0.1, 0.15) is 12.5 Å². The molecule has 0 aliphatic rings. The quantitative estimate of drug-likeness (QED) is 0.555. The maximum atomic E-state index is 11.9. The molecule has 120 valence electrons. The summed E-state index contributed by atoms with van der Waals surface area (Å²) >= 11 is 2.22. The smallest absolute Gasteiger partial charge is 0.248 e. The number of ether oxygens (including phenoxy) is 2. The third-order valence-electron chi connectivity index (χ3n) is 3.03. The molecule has 0 heterocycles. The standard InChI is InChI=1S/C18H18INO3/c1-3-23-17-12-13(4-10-16(17)22-2)5-11-18(21)20-15-8-6-14(19)7-9-15/h4-12H,3H2,1-2H3,(H,20,21)/b11-5+. The number of hydrogen-bond acceptors (Lipinski definition) is 3. The monoisotopic (exact) mass is 423 g/mol. The average Bonchev–Trinajstić information content (AvgIpc) is 2.56. The van der Waals surface area contributed by atoms with Gasteiger partial charge in [-0.25, -0.2) is 0 Å². The number of nitrogens with one attached hydrogen (secondary N) is 1. The minimum atomic E-state index is -0.181. The largest absolute Gasteiger partial charge is 0.493 e. The third kappa shape index (κ3) is 5.28. The van der Waals surface area contributed by atoms with Crippen LogP contribution in [0.15, 0.2) is 48.5 Å². The van der Waals surface area contributed by atoms with Gasteiger partial charge in [0.15, 0.2) is 11.5 Å². The Labute approximate surface area is 149 Å². The van der Waals surface area contributed by atoms with Crippen molar-refractivity contribution in [3.8, 4) is 11.5 Å². The molecule has 0 bridgehead atoms. The second-order valence-electron chi connectivity index (χ2n) is 4.67. The second-order valence-corrected chi connectivity index (χ2v) is 5.92. The van der Waals surface area contributed by atoms with Gasteiger partial charge in [0.2, 0.25) is 5.91 Å². The lowest BCUT2D eigenvalue weighted by Gasteiger charge is -2.09. The Morgan fingerprint density at radius 3 is 2.57 bits per heavy atom. The van der Waals surface area contributed by atoms with Crippen LogP contribution in [0.2, 0.25) is 0 Å². The van der Waals surface area contributed by atoms with Gasteiger partial charge in [-0.1, -0.05) is 6.07 Å². The molecule has 23 heavy (non-hydrogen) atoms. The molecule has 1 amide bonds. The van der Waals surface area contributed by atoms with E-state index in [1.54, 1.807) is 13.2 Å². The predicted octanol–water partition coefficient (Wildman–Crippen LogP) is 4.35. The van der Waals surface area contributed by atoms with Crippen LogP contribution in [-0.2, 0) is 4.79 Å². The topological polar surface area (TPSA) is 47.6 Å². The van der Waals surface area contributed by atoms with Gasteiger partial charge in [-0.2, -0.15) is 0 Å². The van der Waals surface area contributed by atoms with Gasteiger partial charge in [0.05, 0.1) is 13.7 Å². The summed E-state index contributed by atoms with van der Waals surface area (Å²) in [7, 11) is 1.60. The van der Waals surface area contributed by atoms with E-state index < -0.39 is 0 Å². The highest BCUT2D eigenvalue weighted by Gasteiger charge is 2.04. The van der Waals surface area contributed by atoms with Crippen molar-refractivity contribution >= 4 is 40.3 Å².